The van der Waals surface area contributed by atoms with Crippen LogP contribution in [0.25, 0.3) is 10.9 Å². The maximum Gasteiger partial charge on any atom is 0.270 e. The van der Waals surface area contributed by atoms with Gasteiger partial charge in [-0.25, -0.2) is 0 Å². The van der Waals surface area contributed by atoms with E-state index in [9.17, 15) is 9.90 Å². The second kappa shape index (κ2) is 6.46. The summed E-state index contributed by atoms with van der Waals surface area (Å²) in [5.74, 6) is 0.0208. The molecule has 1 atom stereocenters. The number of hydrogen-bond donors (Lipinski definition) is 1. The van der Waals surface area contributed by atoms with Crippen LogP contribution in [-0.2, 0) is 7.05 Å². The van der Waals surface area contributed by atoms with E-state index >= 15 is 0 Å². The molecule has 1 amide bonds. The summed E-state index contributed by atoms with van der Waals surface area (Å²) in [6, 6.07) is 6.19. The van der Waals surface area contributed by atoms with E-state index in [1.54, 1.807) is 0 Å². The predicted octanol–water partition coefficient (Wildman–Crippen LogP) is 2.32. The lowest BCUT2D eigenvalue weighted by Gasteiger charge is -2.40. The van der Waals surface area contributed by atoms with Gasteiger partial charge >= 0.3 is 0 Å². The number of nitrogens with zero attached hydrogens (tertiary/aromatic N) is 3. The third-order valence-corrected chi connectivity index (χ3v) is 5.32. The number of fused-ring (bicyclic) bond motifs is 1. The van der Waals surface area contributed by atoms with Crippen molar-refractivity contribution in [1.29, 1.82) is 0 Å². The van der Waals surface area contributed by atoms with Crippen LogP contribution < -0.4 is 0 Å². The van der Waals surface area contributed by atoms with Gasteiger partial charge in [0.1, 0.15) is 5.69 Å². The van der Waals surface area contributed by atoms with Crippen LogP contribution in [0.5, 0.6) is 0 Å². The van der Waals surface area contributed by atoms with Crippen LogP contribution >= 0.6 is 0 Å². The van der Waals surface area contributed by atoms with Gasteiger partial charge in [-0.3, -0.25) is 4.79 Å². The Labute approximate surface area is 149 Å². The minimum absolute atomic E-state index is 0.0208. The highest BCUT2D eigenvalue weighted by molar-refractivity contribution is 6.02. The molecule has 136 valence electrons. The Morgan fingerprint density at radius 1 is 1.32 bits per heavy atom. The second-order valence-corrected chi connectivity index (χ2v) is 7.80. The number of benzene rings is 1. The monoisotopic (exact) mass is 343 g/mol. The van der Waals surface area contributed by atoms with E-state index in [0.29, 0.717) is 19.6 Å². The minimum atomic E-state index is -0.828. The fourth-order valence-corrected chi connectivity index (χ4v) is 4.35. The molecule has 3 rings (SSSR count). The first kappa shape index (κ1) is 18.0. The molecule has 1 fully saturated rings. The number of β-amino-alcohol motifs (C(OH)–C–C–N with tert-alkyl or cyclic N) is 1. The van der Waals surface area contributed by atoms with E-state index in [4.69, 9.17) is 0 Å². The molecule has 1 aliphatic heterocycles. The highest BCUT2D eigenvalue weighted by Gasteiger charge is 2.37. The van der Waals surface area contributed by atoms with Crippen LogP contribution in [0.1, 0.15) is 34.5 Å². The molecular weight excluding hydrogens is 314 g/mol. The number of hydrogen-bond acceptors (Lipinski definition) is 3. The number of amides is 1. The van der Waals surface area contributed by atoms with E-state index in [1.807, 2.05) is 48.5 Å². The van der Waals surface area contributed by atoms with Gasteiger partial charge in [0.05, 0.1) is 17.7 Å². The van der Waals surface area contributed by atoms with Gasteiger partial charge in [-0.05, 0) is 51.9 Å². The van der Waals surface area contributed by atoms with Gasteiger partial charge in [-0.15, -0.1) is 0 Å². The van der Waals surface area contributed by atoms with Gasteiger partial charge in [0, 0.05) is 25.5 Å². The van der Waals surface area contributed by atoms with Crippen molar-refractivity contribution >= 4 is 16.8 Å². The fraction of sp³-hybridized carbons (Fsp3) is 0.550. The Morgan fingerprint density at radius 3 is 2.68 bits per heavy atom. The summed E-state index contributed by atoms with van der Waals surface area (Å²) < 4.78 is 2.02. The molecule has 1 unspecified atom stereocenters. The van der Waals surface area contributed by atoms with Crippen molar-refractivity contribution in [1.82, 2.24) is 14.4 Å². The van der Waals surface area contributed by atoms with Crippen molar-refractivity contribution < 1.29 is 9.90 Å². The summed E-state index contributed by atoms with van der Waals surface area (Å²) in [4.78, 5) is 17.1. The Bertz CT molecular complexity index is 809. The van der Waals surface area contributed by atoms with Crippen LogP contribution in [0.2, 0.25) is 0 Å². The molecule has 0 bridgehead atoms. The minimum Gasteiger partial charge on any atom is -0.387 e. The molecule has 25 heavy (non-hydrogen) atoms. The fourth-order valence-electron chi connectivity index (χ4n) is 4.35. The molecule has 0 spiro atoms. The number of likely N-dealkylation sites (N-methyl/N-ethyl adjacent to an activating group) is 1. The Kier molecular flexibility index (Phi) is 4.64. The zero-order valence-corrected chi connectivity index (χ0v) is 16.0. The van der Waals surface area contributed by atoms with Crippen molar-refractivity contribution in [2.45, 2.75) is 32.3 Å². The van der Waals surface area contributed by atoms with Crippen molar-refractivity contribution in [3.8, 4) is 0 Å². The number of rotatable bonds is 3. The molecule has 1 aliphatic rings. The number of likely N-dealkylation sites (tertiary alicyclic amines) is 1. The summed E-state index contributed by atoms with van der Waals surface area (Å²) >= 11 is 0. The first-order valence-corrected chi connectivity index (χ1v) is 8.94. The van der Waals surface area contributed by atoms with E-state index < -0.39 is 5.60 Å². The summed E-state index contributed by atoms with van der Waals surface area (Å²) in [5, 5.41) is 12.0. The Hall–Kier alpha value is -1.85. The standard InChI is InChI=1S/C20H29N3O2/c1-14-8-6-9-16-15(2)18(22(5)17(14)16)19(24)23-11-7-10-20(25,13-23)12-21(3)4/h6,8-9,25H,7,10-13H2,1-5H3. The topological polar surface area (TPSA) is 48.7 Å². The first-order valence-electron chi connectivity index (χ1n) is 8.94. The van der Waals surface area contributed by atoms with Crippen molar-refractivity contribution in [2.75, 3.05) is 33.7 Å². The normalized spacial score (nSPS) is 21.3. The zero-order chi connectivity index (χ0) is 18.4. The number of para-hydroxylation sites is 1. The molecule has 5 heteroatoms. The van der Waals surface area contributed by atoms with Gasteiger partial charge in [-0.2, -0.15) is 0 Å². The van der Waals surface area contributed by atoms with Gasteiger partial charge in [0.25, 0.3) is 5.91 Å². The van der Waals surface area contributed by atoms with E-state index in [1.165, 1.54) is 5.56 Å². The van der Waals surface area contributed by atoms with E-state index in [-0.39, 0.29) is 5.91 Å². The molecule has 0 aliphatic carbocycles. The summed E-state index contributed by atoms with van der Waals surface area (Å²) in [6.07, 6.45) is 1.57. The van der Waals surface area contributed by atoms with E-state index in [0.717, 1.165) is 35.0 Å². The molecule has 0 radical (unpaired) electrons. The summed E-state index contributed by atoms with van der Waals surface area (Å²) in [7, 11) is 5.87. The number of carbonyl (C=O) groups excluding carboxylic acids is 1. The summed E-state index contributed by atoms with van der Waals surface area (Å²) in [5.41, 5.74) is 3.21. The molecule has 5 nitrogen and oxygen atoms in total. The Balaban J connectivity index is 1.96. The highest BCUT2D eigenvalue weighted by atomic mass is 16.3. The maximum absolute atomic E-state index is 13.3. The number of piperidine rings is 1. The van der Waals surface area contributed by atoms with Gasteiger partial charge in [0.2, 0.25) is 0 Å². The molecular formula is C20H29N3O2. The lowest BCUT2D eigenvalue weighted by atomic mass is 9.92. The Morgan fingerprint density at radius 2 is 2.04 bits per heavy atom. The number of carbonyl (C=O) groups is 1. The van der Waals surface area contributed by atoms with Crippen LogP contribution in [0.15, 0.2) is 18.2 Å². The average molecular weight is 343 g/mol. The maximum atomic E-state index is 13.3. The molecule has 2 heterocycles. The van der Waals surface area contributed by atoms with Crippen molar-refractivity contribution in [3.05, 3.63) is 35.0 Å². The molecule has 1 aromatic carbocycles. The predicted molar refractivity (Wildman–Crippen MR) is 101 cm³/mol. The molecule has 1 aromatic heterocycles. The van der Waals surface area contributed by atoms with Crippen LogP contribution in [0, 0.1) is 13.8 Å². The molecule has 0 saturated carbocycles. The molecule has 1 N–H and O–H groups in total. The summed E-state index contributed by atoms with van der Waals surface area (Å²) in [6.45, 7) is 5.76. The lowest BCUT2D eigenvalue weighted by Crippen LogP contribution is -2.54. The van der Waals surface area contributed by atoms with Gasteiger partial charge in [0.15, 0.2) is 0 Å². The van der Waals surface area contributed by atoms with Crippen molar-refractivity contribution in [3.63, 3.8) is 0 Å². The molecule has 2 aromatic rings. The lowest BCUT2D eigenvalue weighted by molar-refractivity contribution is -0.0393. The number of aryl methyl sites for hydroxylation is 3. The average Bonchev–Trinajstić information content (AvgIpc) is 2.78. The van der Waals surface area contributed by atoms with Gasteiger partial charge < -0.3 is 19.5 Å². The molecule has 1 saturated heterocycles. The van der Waals surface area contributed by atoms with Crippen molar-refractivity contribution in [2.24, 2.45) is 7.05 Å². The van der Waals surface area contributed by atoms with Crippen LogP contribution in [-0.4, -0.2) is 64.7 Å². The van der Waals surface area contributed by atoms with E-state index in [2.05, 4.69) is 19.1 Å². The largest absolute Gasteiger partial charge is 0.387 e. The van der Waals surface area contributed by atoms with Crippen LogP contribution in [0.4, 0.5) is 0 Å². The third-order valence-electron chi connectivity index (χ3n) is 5.32. The third kappa shape index (κ3) is 3.18. The zero-order valence-electron chi connectivity index (χ0n) is 16.0. The van der Waals surface area contributed by atoms with Gasteiger partial charge in [-0.1, -0.05) is 18.2 Å². The second-order valence-electron chi connectivity index (χ2n) is 7.80. The SMILES string of the molecule is Cc1c(C(=O)N2CCCC(O)(CN(C)C)C2)n(C)c2c(C)cccc12. The number of aliphatic hydroxyl groups is 1. The first-order chi connectivity index (χ1) is 11.7. The highest BCUT2D eigenvalue weighted by Crippen LogP contribution is 2.30. The van der Waals surface area contributed by atoms with Crippen LogP contribution in [0.3, 0.4) is 0 Å². The smallest absolute Gasteiger partial charge is 0.270 e. The number of aromatic nitrogens is 1. The quantitative estimate of drug-likeness (QED) is 0.930.